The fourth-order valence-electron chi connectivity index (χ4n) is 3.81. The van der Waals surface area contributed by atoms with Crippen LogP contribution < -0.4 is 16.0 Å². The Morgan fingerprint density at radius 2 is 1.73 bits per heavy atom. The van der Waals surface area contributed by atoms with Crippen LogP contribution in [0.4, 0.5) is 4.79 Å². The largest absolute Gasteiger partial charge is 0.338 e. The average Bonchev–Trinajstić information content (AvgIpc) is 2.61. The molecule has 2 N–H and O–H groups in total. The first-order chi connectivity index (χ1) is 10.8. The quantitative estimate of drug-likeness (QED) is 0.776. The summed E-state index contributed by atoms with van der Waals surface area (Å²) in [5, 5.41) is 10.9. The molecule has 0 atom stereocenters. The molecule has 3 saturated heterocycles. The molecule has 6 nitrogen and oxygen atoms in total. The average molecular weight is 308 g/mol. The Kier molecular flexibility index (Phi) is 5.92. The highest BCUT2D eigenvalue weighted by Crippen LogP contribution is 2.15. The molecule has 3 aliphatic heterocycles. The minimum absolute atomic E-state index is 0.132. The second-order valence-electron chi connectivity index (χ2n) is 6.80. The third-order valence-corrected chi connectivity index (χ3v) is 5.36. The molecular weight excluding hydrogens is 278 g/mol. The first kappa shape index (κ1) is 16.0. The number of hydrogen-bond acceptors (Lipinski definition) is 3. The predicted molar refractivity (Wildman–Crippen MR) is 87.0 cm³/mol. The normalized spacial score (nSPS) is 26.1. The fourth-order valence-corrected chi connectivity index (χ4v) is 3.81. The Morgan fingerprint density at radius 3 is 2.41 bits per heavy atom. The number of piperidine rings is 2. The maximum atomic E-state index is 12.3. The van der Waals surface area contributed by atoms with Gasteiger partial charge in [0.1, 0.15) is 0 Å². The molecule has 2 amide bonds. The minimum Gasteiger partial charge on any atom is -0.338 e. The van der Waals surface area contributed by atoms with Crippen molar-refractivity contribution in [3.8, 4) is 0 Å². The van der Waals surface area contributed by atoms with Crippen molar-refractivity contribution >= 4 is 6.03 Å². The highest BCUT2D eigenvalue weighted by Gasteiger charge is 2.27. The van der Waals surface area contributed by atoms with E-state index in [0.29, 0.717) is 5.92 Å². The number of urea groups is 1. The summed E-state index contributed by atoms with van der Waals surface area (Å²) >= 11 is 0. The lowest BCUT2D eigenvalue weighted by atomic mass is 9.98. The summed E-state index contributed by atoms with van der Waals surface area (Å²) in [5.41, 5.74) is 0. The number of nitrogens with zero attached hydrogens (tertiary/aromatic N) is 3. The summed E-state index contributed by atoms with van der Waals surface area (Å²) in [4.78, 5) is 16.9. The maximum Gasteiger partial charge on any atom is 0.317 e. The van der Waals surface area contributed by atoms with Gasteiger partial charge in [-0.25, -0.2) is 10.1 Å². The molecule has 1 radical (unpaired) electrons. The molecule has 0 spiro atoms. The van der Waals surface area contributed by atoms with Crippen molar-refractivity contribution < 1.29 is 4.79 Å². The standard InChI is InChI=1S/C16H30N5O/c22-16(19-13-14-1-5-17-6-2-14)21-11-9-20(10-12-21)15-3-7-18-8-4-15/h14-15,18H,1-13H2,(H,19,22). The van der Waals surface area contributed by atoms with Gasteiger partial charge in [-0.2, -0.15) is 0 Å². The summed E-state index contributed by atoms with van der Waals surface area (Å²) in [6, 6.07) is 0.852. The third-order valence-electron chi connectivity index (χ3n) is 5.36. The molecule has 0 aliphatic carbocycles. The van der Waals surface area contributed by atoms with Crippen molar-refractivity contribution in [3.05, 3.63) is 0 Å². The van der Waals surface area contributed by atoms with Crippen LogP contribution in [-0.4, -0.2) is 80.8 Å². The predicted octanol–water partition coefficient (Wildman–Crippen LogP) is 0.0800. The van der Waals surface area contributed by atoms with Crippen LogP contribution in [0.1, 0.15) is 25.7 Å². The molecule has 0 aromatic rings. The van der Waals surface area contributed by atoms with Gasteiger partial charge in [-0.05, 0) is 44.7 Å². The van der Waals surface area contributed by atoms with Crippen molar-refractivity contribution in [1.29, 1.82) is 0 Å². The minimum atomic E-state index is 0.132. The highest BCUT2D eigenvalue weighted by atomic mass is 16.2. The van der Waals surface area contributed by atoms with Gasteiger partial charge in [0.15, 0.2) is 0 Å². The summed E-state index contributed by atoms with van der Waals surface area (Å²) in [6.45, 7) is 8.83. The van der Waals surface area contributed by atoms with Crippen LogP contribution >= 0.6 is 0 Å². The van der Waals surface area contributed by atoms with Crippen LogP contribution in [0.5, 0.6) is 0 Å². The summed E-state index contributed by atoms with van der Waals surface area (Å²) < 4.78 is 0. The maximum absolute atomic E-state index is 12.3. The number of hydrogen-bond donors (Lipinski definition) is 2. The van der Waals surface area contributed by atoms with E-state index in [1.54, 1.807) is 0 Å². The number of piperazine rings is 1. The summed E-state index contributed by atoms with van der Waals surface area (Å²) in [7, 11) is 0. The smallest absolute Gasteiger partial charge is 0.317 e. The Hall–Kier alpha value is -0.850. The topological polar surface area (TPSA) is 61.7 Å². The molecule has 3 fully saturated rings. The molecule has 3 rings (SSSR count). The van der Waals surface area contributed by atoms with Crippen LogP contribution in [0.15, 0.2) is 0 Å². The van der Waals surface area contributed by atoms with Crippen molar-refractivity contribution in [2.75, 3.05) is 58.9 Å². The van der Waals surface area contributed by atoms with Crippen LogP contribution in [-0.2, 0) is 0 Å². The zero-order valence-electron chi connectivity index (χ0n) is 13.6. The SMILES string of the molecule is O=C(NCC1CC[N]CC1)N1CCN(C2CCNCC2)CC1. The van der Waals surface area contributed by atoms with Gasteiger partial charge in [0.05, 0.1) is 0 Å². The van der Waals surface area contributed by atoms with E-state index in [4.69, 9.17) is 0 Å². The molecule has 3 heterocycles. The molecule has 0 aromatic carbocycles. The van der Waals surface area contributed by atoms with E-state index in [2.05, 4.69) is 20.9 Å². The van der Waals surface area contributed by atoms with Crippen molar-refractivity contribution in [2.45, 2.75) is 31.7 Å². The van der Waals surface area contributed by atoms with Crippen molar-refractivity contribution in [2.24, 2.45) is 5.92 Å². The first-order valence-electron chi connectivity index (χ1n) is 8.94. The molecule has 0 aromatic heterocycles. The zero-order chi connectivity index (χ0) is 15.2. The Morgan fingerprint density at radius 1 is 1.05 bits per heavy atom. The lowest BCUT2D eigenvalue weighted by Gasteiger charge is -2.40. The second-order valence-corrected chi connectivity index (χ2v) is 6.80. The van der Waals surface area contributed by atoms with E-state index in [9.17, 15) is 4.79 Å². The number of nitrogens with one attached hydrogen (secondary N) is 2. The molecule has 22 heavy (non-hydrogen) atoms. The third kappa shape index (κ3) is 4.33. The van der Waals surface area contributed by atoms with Gasteiger partial charge in [0.2, 0.25) is 0 Å². The Bertz CT molecular complexity index is 344. The van der Waals surface area contributed by atoms with Gasteiger partial charge in [-0.1, -0.05) is 0 Å². The Balaban J connectivity index is 1.36. The van der Waals surface area contributed by atoms with Crippen molar-refractivity contribution in [1.82, 2.24) is 25.8 Å². The van der Waals surface area contributed by atoms with E-state index >= 15 is 0 Å². The molecule has 0 bridgehead atoms. The Labute approximate surface area is 134 Å². The number of carbonyl (C=O) groups excluding carboxylic acids is 1. The molecule has 0 saturated carbocycles. The van der Waals surface area contributed by atoms with Crippen LogP contribution in [0.2, 0.25) is 0 Å². The highest BCUT2D eigenvalue weighted by molar-refractivity contribution is 5.74. The van der Waals surface area contributed by atoms with Gasteiger partial charge in [-0.15, -0.1) is 0 Å². The number of carbonyl (C=O) groups is 1. The van der Waals surface area contributed by atoms with Crippen LogP contribution in [0.25, 0.3) is 0 Å². The molecular formula is C16H30N5O. The lowest BCUT2D eigenvalue weighted by molar-refractivity contribution is 0.0932. The van der Waals surface area contributed by atoms with E-state index < -0.39 is 0 Å². The molecule has 6 heteroatoms. The molecule has 3 aliphatic rings. The number of rotatable bonds is 3. The van der Waals surface area contributed by atoms with Crippen LogP contribution in [0, 0.1) is 5.92 Å². The van der Waals surface area contributed by atoms with E-state index in [-0.39, 0.29) is 6.03 Å². The van der Waals surface area contributed by atoms with Gasteiger partial charge in [0.25, 0.3) is 0 Å². The van der Waals surface area contributed by atoms with Gasteiger partial charge in [0, 0.05) is 51.9 Å². The second kappa shape index (κ2) is 8.13. The zero-order valence-corrected chi connectivity index (χ0v) is 13.6. The van der Waals surface area contributed by atoms with Gasteiger partial charge >= 0.3 is 6.03 Å². The van der Waals surface area contributed by atoms with Gasteiger partial charge < -0.3 is 15.5 Å². The van der Waals surface area contributed by atoms with E-state index in [1.807, 2.05) is 4.90 Å². The molecule has 0 unspecified atom stereocenters. The molecule has 125 valence electrons. The monoisotopic (exact) mass is 308 g/mol. The first-order valence-corrected chi connectivity index (χ1v) is 8.94. The van der Waals surface area contributed by atoms with Crippen molar-refractivity contribution in [3.63, 3.8) is 0 Å². The van der Waals surface area contributed by atoms with E-state index in [1.165, 1.54) is 12.8 Å². The summed E-state index contributed by atoms with van der Waals surface area (Å²) in [5.74, 6) is 0.623. The van der Waals surface area contributed by atoms with E-state index in [0.717, 1.165) is 77.8 Å². The van der Waals surface area contributed by atoms with Crippen LogP contribution in [0.3, 0.4) is 0 Å². The number of amides is 2. The lowest BCUT2D eigenvalue weighted by Crippen LogP contribution is -2.56. The fraction of sp³-hybridized carbons (Fsp3) is 0.938. The van der Waals surface area contributed by atoms with Gasteiger partial charge in [-0.3, -0.25) is 4.90 Å². The summed E-state index contributed by atoms with van der Waals surface area (Å²) in [6.07, 6.45) is 4.76.